The highest BCUT2D eigenvalue weighted by atomic mass is 79.9. The van der Waals surface area contributed by atoms with Crippen molar-refractivity contribution in [1.29, 1.82) is 0 Å². The van der Waals surface area contributed by atoms with E-state index in [1.54, 1.807) is 37.9 Å². The molecule has 2 amide bonds. The van der Waals surface area contributed by atoms with Gasteiger partial charge >= 0.3 is 12.1 Å². The number of alkyl carbamates (subject to hydrolysis) is 1. The maximum Gasteiger partial charge on any atom is 0.408 e. The van der Waals surface area contributed by atoms with Crippen molar-refractivity contribution in [3.8, 4) is 33.6 Å². The molecule has 0 atom stereocenters. The third-order valence-electron chi connectivity index (χ3n) is 7.44. The SMILES string of the molecule is CCCCc1nc(N(C)C(=O)CNC(=O)OC(C)(C)C)c(C(=O)O)n1Cc1c2ccocc-2c(Br)c1-c1ccccc1-c1nnn[nH]1. The molecule has 1 aliphatic heterocycles. The first-order valence-electron chi connectivity index (χ1n) is 15.0. The second kappa shape index (κ2) is 13.7. The number of likely N-dealkylation sites (N-methyl/N-ethyl adjacent to an activating group) is 1. The highest BCUT2D eigenvalue weighted by Gasteiger charge is 2.31. The molecule has 0 spiro atoms. The van der Waals surface area contributed by atoms with Gasteiger partial charge in [0.25, 0.3) is 0 Å². The number of aromatic nitrogens is 6. The number of fused-ring (bicyclic) bond motifs is 1. The minimum Gasteiger partial charge on any atom is -0.476 e. The van der Waals surface area contributed by atoms with Crippen LogP contribution in [0.1, 0.15) is 62.4 Å². The summed E-state index contributed by atoms with van der Waals surface area (Å²) < 4.78 is 13.2. The van der Waals surface area contributed by atoms with Gasteiger partial charge in [-0.25, -0.2) is 19.7 Å². The van der Waals surface area contributed by atoms with Gasteiger partial charge < -0.3 is 24.1 Å². The lowest BCUT2D eigenvalue weighted by Crippen LogP contribution is -2.41. The Hall–Kier alpha value is -5.05. The summed E-state index contributed by atoms with van der Waals surface area (Å²) in [5, 5.41) is 27.4. The minimum absolute atomic E-state index is 0.0285. The number of carbonyl (C=O) groups excluding carboxylic acids is 2. The number of amides is 2. The Morgan fingerprint density at radius 3 is 2.53 bits per heavy atom. The number of hydrogen-bond donors (Lipinski definition) is 3. The van der Waals surface area contributed by atoms with Crippen molar-refractivity contribution >= 4 is 39.7 Å². The summed E-state index contributed by atoms with van der Waals surface area (Å²) in [7, 11) is 1.44. The van der Waals surface area contributed by atoms with Crippen LogP contribution in [-0.4, -0.2) is 72.4 Å². The van der Waals surface area contributed by atoms with Gasteiger partial charge in [0.05, 0.1) is 19.1 Å². The van der Waals surface area contributed by atoms with E-state index in [2.05, 4.69) is 41.9 Å². The summed E-state index contributed by atoms with van der Waals surface area (Å²) in [5.74, 6) is -0.880. The summed E-state index contributed by atoms with van der Waals surface area (Å²) in [6.45, 7) is 6.86. The van der Waals surface area contributed by atoms with Crippen LogP contribution in [0.5, 0.6) is 0 Å². The Morgan fingerprint density at radius 2 is 1.87 bits per heavy atom. The first kappa shape index (κ1) is 33.3. The van der Waals surface area contributed by atoms with Crippen molar-refractivity contribution in [3.63, 3.8) is 0 Å². The van der Waals surface area contributed by atoms with E-state index in [1.807, 2.05) is 37.3 Å². The Balaban J connectivity index is 1.62. The number of nitrogens with zero attached hydrogens (tertiary/aromatic N) is 6. The van der Waals surface area contributed by atoms with Gasteiger partial charge in [0.15, 0.2) is 17.3 Å². The maximum absolute atomic E-state index is 13.2. The third-order valence-corrected chi connectivity index (χ3v) is 8.27. The predicted molar refractivity (Wildman–Crippen MR) is 176 cm³/mol. The number of unbranched alkanes of at least 4 members (excludes halogenated alkanes) is 1. The number of nitrogens with one attached hydrogen (secondary N) is 2. The molecule has 0 unspecified atom stereocenters. The molecular weight excluding hydrogens is 672 g/mol. The predicted octanol–water partition coefficient (Wildman–Crippen LogP) is 5.77. The van der Waals surface area contributed by atoms with Crippen molar-refractivity contribution < 1.29 is 28.6 Å². The van der Waals surface area contributed by atoms with Crippen molar-refractivity contribution in [2.45, 2.75) is 59.1 Å². The number of H-pyrrole nitrogens is 1. The molecule has 3 aromatic rings. The van der Waals surface area contributed by atoms with Crippen LogP contribution < -0.4 is 10.2 Å². The Kier molecular flexibility index (Phi) is 9.75. The second-order valence-electron chi connectivity index (χ2n) is 11.9. The van der Waals surface area contributed by atoms with Gasteiger partial charge in [-0.15, -0.1) is 5.10 Å². The maximum atomic E-state index is 13.2. The fourth-order valence-corrected chi connectivity index (χ4v) is 6.07. The summed E-state index contributed by atoms with van der Waals surface area (Å²) in [6.07, 6.45) is 4.49. The average molecular weight is 708 g/mol. The molecule has 47 heavy (non-hydrogen) atoms. The number of aromatic carboxylic acids is 1. The molecule has 0 saturated heterocycles. The zero-order valence-corrected chi connectivity index (χ0v) is 28.2. The molecule has 2 aliphatic rings. The molecule has 1 aliphatic carbocycles. The number of carbonyl (C=O) groups is 3. The summed E-state index contributed by atoms with van der Waals surface area (Å²) in [6, 6.07) is 9.45. The highest BCUT2D eigenvalue weighted by molar-refractivity contribution is 9.10. The van der Waals surface area contributed by atoms with Crippen molar-refractivity contribution in [2.24, 2.45) is 0 Å². The molecule has 0 bridgehead atoms. The number of halogens is 1. The number of hydrogen-bond acceptors (Lipinski definition) is 9. The van der Waals surface area contributed by atoms with Crippen LogP contribution in [0.4, 0.5) is 10.6 Å². The summed E-state index contributed by atoms with van der Waals surface area (Å²) >= 11 is 3.79. The lowest BCUT2D eigenvalue weighted by atomic mass is 9.97. The van der Waals surface area contributed by atoms with E-state index in [4.69, 9.17) is 14.1 Å². The van der Waals surface area contributed by atoms with Crippen LogP contribution in [0.25, 0.3) is 33.6 Å². The first-order valence-corrected chi connectivity index (χ1v) is 15.8. The largest absolute Gasteiger partial charge is 0.476 e. The lowest BCUT2D eigenvalue weighted by Gasteiger charge is -2.21. The topological polar surface area (TPSA) is 181 Å². The van der Waals surface area contributed by atoms with E-state index in [0.717, 1.165) is 55.6 Å². The standard InChI is InChI=1S/C32H35BrN8O6/c1-6-7-12-23-35-29(40(5)24(42)15-34-31(45)47-32(2,3)4)27(30(43)44)41(23)16-21-18-13-14-46-17-22(18)26(33)25(21)19-10-8-9-11-20(19)28-36-38-39-37-28/h8-11,13-14,17H,6-7,12,15-16H2,1-5H3,(H,34,45)(H,43,44)(H,36,37,38,39). The minimum atomic E-state index is -1.25. The van der Waals surface area contributed by atoms with E-state index in [1.165, 1.54) is 7.05 Å². The summed E-state index contributed by atoms with van der Waals surface area (Å²) in [5.41, 5.74) is 3.86. The van der Waals surface area contributed by atoms with Crippen LogP contribution in [0.3, 0.4) is 0 Å². The van der Waals surface area contributed by atoms with Gasteiger partial charge in [0.2, 0.25) is 5.91 Å². The van der Waals surface area contributed by atoms with Gasteiger partial charge in [-0.1, -0.05) is 37.6 Å². The number of aromatic amines is 1. The number of anilines is 1. The molecule has 2 aromatic heterocycles. The zero-order chi connectivity index (χ0) is 33.9. The monoisotopic (exact) mass is 706 g/mol. The van der Waals surface area contributed by atoms with Crippen LogP contribution >= 0.6 is 15.9 Å². The van der Waals surface area contributed by atoms with Gasteiger partial charge in [-0.3, -0.25) is 9.69 Å². The number of carboxylic acid groups (broad SMARTS) is 1. The van der Waals surface area contributed by atoms with Crippen LogP contribution in [0.2, 0.25) is 0 Å². The zero-order valence-electron chi connectivity index (χ0n) is 26.6. The molecule has 14 nitrogen and oxygen atoms in total. The number of carboxylic acids is 1. The normalized spacial score (nSPS) is 11.5. The second-order valence-corrected chi connectivity index (χ2v) is 12.6. The summed E-state index contributed by atoms with van der Waals surface area (Å²) in [4.78, 5) is 44.2. The van der Waals surface area contributed by atoms with Gasteiger partial charge in [0, 0.05) is 34.6 Å². The van der Waals surface area contributed by atoms with E-state index in [0.29, 0.717) is 18.1 Å². The molecule has 5 rings (SSSR count). The Bertz CT molecular complexity index is 1870. The molecule has 0 radical (unpaired) electrons. The molecule has 3 heterocycles. The quantitative estimate of drug-likeness (QED) is 0.153. The van der Waals surface area contributed by atoms with Gasteiger partial charge in [-0.2, -0.15) is 0 Å². The van der Waals surface area contributed by atoms with Crippen molar-refractivity contribution in [3.05, 3.63) is 64.4 Å². The van der Waals surface area contributed by atoms with E-state index >= 15 is 0 Å². The molecule has 3 N–H and O–H groups in total. The first-order chi connectivity index (χ1) is 22.4. The van der Waals surface area contributed by atoms with Crippen LogP contribution in [-0.2, 0) is 22.5 Å². The lowest BCUT2D eigenvalue weighted by molar-refractivity contribution is -0.117. The molecule has 246 valence electrons. The van der Waals surface area contributed by atoms with Crippen molar-refractivity contribution in [2.75, 3.05) is 18.5 Å². The molecule has 1 aromatic carbocycles. The molecule has 15 heteroatoms. The highest BCUT2D eigenvalue weighted by Crippen LogP contribution is 2.48. The van der Waals surface area contributed by atoms with E-state index in [9.17, 15) is 19.5 Å². The number of tetrazole rings is 1. The fourth-order valence-electron chi connectivity index (χ4n) is 5.31. The number of ether oxygens (including phenoxy) is 1. The third kappa shape index (κ3) is 7.04. The molecule has 0 saturated carbocycles. The average Bonchev–Trinajstić information content (AvgIpc) is 3.75. The fraction of sp³-hybridized carbons (Fsp3) is 0.344. The van der Waals surface area contributed by atoms with Crippen LogP contribution in [0.15, 0.2) is 51.7 Å². The number of rotatable bonds is 11. The Labute approximate surface area is 279 Å². The number of benzene rings is 1. The molecule has 0 fully saturated rings. The van der Waals surface area contributed by atoms with Gasteiger partial charge in [-0.05, 0) is 76.3 Å². The van der Waals surface area contributed by atoms with E-state index in [-0.39, 0.29) is 18.1 Å². The van der Waals surface area contributed by atoms with Crippen LogP contribution in [0, 0.1) is 0 Å². The Morgan fingerprint density at radius 1 is 1.13 bits per heavy atom. The van der Waals surface area contributed by atoms with Gasteiger partial charge in [0.1, 0.15) is 18.0 Å². The number of imidazole rings is 1. The van der Waals surface area contributed by atoms with E-state index < -0.39 is 30.1 Å². The number of aryl methyl sites for hydroxylation is 1. The molecular formula is C32H35BrN8O6. The van der Waals surface area contributed by atoms with Crippen molar-refractivity contribution in [1.82, 2.24) is 35.5 Å². The smallest absolute Gasteiger partial charge is 0.408 e.